The van der Waals surface area contributed by atoms with Crippen molar-refractivity contribution in [3.8, 4) is 0 Å². The number of nitrogens with one attached hydrogen (secondary N) is 1. The Morgan fingerprint density at radius 2 is 2.00 bits per heavy atom. The van der Waals surface area contributed by atoms with Gasteiger partial charge >= 0.3 is 0 Å². The number of fused-ring (bicyclic) bond motifs is 1. The number of hydrogen-bond acceptors (Lipinski definition) is 5. The summed E-state index contributed by atoms with van der Waals surface area (Å²) in [6.07, 6.45) is 7.01. The molecule has 0 aliphatic heterocycles. The lowest BCUT2D eigenvalue weighted by atomic mass is 9.81. The summed E-state index contributed by atoms with van der Waals surface area (Å²) in [5, 5.41) is 15.5. The number of carbonyl (C=O) groups is 1. The molecule has 2 aliphatic carbocycles. The second kappa shape index (κ2) is 7.73. The summed E-state index contributed by atoms with van der Waals surface area (Å²) in [5.41, 5.74) is 1.89. The highest BCUT2D eigenvalue weighted by molar-refractivity contribution is 9.10. The highest BCUT2D eigenvalue weighted by atomic mass is 79.9. The average Bonchev–Trinajstić information content (AvgIpc) is 3.48. The van der Waals surface area contributed by atoms with Crippen LogP contribution in [0.4, 0.5) is 5.69 Å². The van der Waals surface area contributed by atoms with Crippen molar-refractivity contribution in [2.24, 2.45) is 5.92 Å². The Morgan fingerprint density at radius 1 is 1.29 bits per heavy atom. The van der Waals surface area contributed by atoms with Crippen LogP contribution in [0.2, 0.25) is 0 Å². The Labute approximate surface area is 174 Å². The number of anilines is 1. The van der Waals surface area contributed by atoms with E-state index in [0.717, 1.165) is 59.6 Å². The smallest absolute Gasteiger partial charge is 0.169 e. The van der Waals surface area contributed by atoms with Crippen LogP contribution in [0.25, 0.3) is 10.9 Å². The van der Waals surface area contributed by atoms with Gasteiger partial charge in [0, 0.05) is 34.6 Å². The summed E-state index contributed by atoms with van der Waals surface area (Å²) in [6, 6.07) is 6.24. The van der Waals surface area contributed by atoms with Crippen LogP contribution < -0.4 is 5.32 Å². The van der Waals surface area contributed by atoms with Gasteiger partial charge in [-0.25, -0.2) is 0 Å². The van der Waals surface area contributed by atoms with Crippen molar-refractivity contribution in [1.82, 2.24) is 9.88 Å². The normalized spacial score (nSPS) is 25.2. The van der Waals surface area contributed by atoms with E-state index in [4.69, 9.17) is 0 Å². The van der Waals surface area contributed by atoms with E-state index in [1.807, 2.05) is 37.2 Å². The standard InChI is InChI=1S/C22H28BrN3O2/c1-26(2)13-22(28)9-7-16(8-10-22)25-20-17-11-15(23)5-6-19(17)24-12-18(20)21(27)14-3-4-14/h5-6,11-12,14,16,28H,3-4,7-10,13H2,1-2H3,(H,24,25)/t16-,22-. The van der Waals surface area contributed by atoms with Gasteiger partial charge in [-0.15, -0.1) is 0 Å². The number of aliphatic hydroxyl groups is 1. The molecule has 0 atom stereocenters. The number of aromatic nitrogens is 1. The minimum atomic E-state index is -0.613. The Morgan fingerprint density at radius 3 is 2.64 bits per heavy atom. The van der Waals surface area contributed by atoms with Crippen LogP contribution in [0, 0.1) is 5.92 Å². The number of benzene rings is 1. The molecule has 0 bridgehead atoms. The SMILES string of the molecule is CN(C)C[C@]1(O)CC[C@H](Nc2c(C(=O)C3CC3)cnc3ccc(Br)cc23)CC1. The Bertz CT molecular complexity index is 887. The van der Waals surface area contributed by atoms with Crippen molar-refractivity contribution in [3.63, 3.8) is 0 Å². The minimum Gasteiger partial charge on any atom is -0.389 e. The second-order valence-corrected chi connectivity index (χ2v) is 9.64. The molecule has 6 heteroatoms. The lowest BCUT2D eigenvalue weighted by Gasteiger charge is -2.38. The molecule has 0 unspecified atom stereocenters. The van der Waals surface area contributed by atoms with Crippen LogP contribution in [0.5, 0.6) is 0 Å². The Hall–Kier alpha value is -1.50. The largest absolute Gasteiger partial charge is 0.389 e. The maximum absolute atomic E-state index is 12.9. The van der Waals surface area contributed by atoms with Gasteiger partial charge in [0.15, 0.2) is 5.78 Å². The van der Waals surface area contributed by atoms with Crippen molar-refractivity contribution in [1.29, 1.82) is 0 Å². The predicted octanol–water partition coefficient (Wildman–Crippen LogP) is 4.24. The number of pyridine rings is 1. The quantitative estimate of drug-likeness (QED) is 0.650. The zero-order valence-electron chi connectivity index (χ0n) is 16.5. The Kier molecular flexibility index (Phi) is 5.47. The molecule has 150 valence electrons. The predicted molar refractivity (Wildman–Crippen MR) is 116 cm³/mol. The first-order valence-electron chi connectivity index (χ1n) is 10.1. The van der Waals surface area contributed by atoms with E-state index < -0.39 is 5.60 Å². The second-order valence-electron chi connectivity index (χ2n) is 8.73. The summed E-state index contributed by atoms with van der Waals surface area (Å²) in [4.78, 5) is 19.5. The fourth-order valence-electron chi connectivity index (χ4n) is 4.32. The van der Waals surface area contributed by atoms with Crippen molar-refractivity contribution < 1.29 is 9.90 Å². The molecule has 2 fully saturated rings. The van der Waals surface area contributed by atoms with E-state index in [-0.39, 0.29) is 17.7 Å². The summed E-state index contributed by atoms with van der Waals surface area (Å²) >= 11 is 3.55. The van der Waals surface area contributed by atoms with Gasteiger partial charge < -0.3 is 15.3 Å². The highest BCUT2D eigenvalue weighted by Gasteiger charge is 2.35. The number of hydrogen-bond donors (Lipinski definition) is 2. The van der Waals surface area contributed by atoms with Crippen LogP contribution in [-0.2, 0) is 0 Å². The van der Waals surface area contributed by atoms with Crippen molar-refractivity contribution >= 4 is 38.3 Å². The molecular weight excluding hydrogens is 418 g/mol. The van der Waals surface area contributed by atoms with Crippen LogP contribution in [0.15, 0.2) is 28.9 Å². The molecule has 0 saturated heterocycles. The van der Waals surface area contributed by atoms with E-state index in [1.165, 1.54) is 0 Å². The topological polar surface area (TPSA) is 65.5 Å². The zero-order valence-corrected chi connectivity index (χ0v) is 18.1. The first kappa shape index (κ1) is 19.8. The first-order valence-corrected chi connectivity index (χ1v) is 10.9. The molecule has 2 aliphatic rings. The third kappa shape index (κ3) is 4.24. The maximum Gasteiger partial charge on any atom is 0.169 e. The van der Waals surface area contributed by atoms with Crippen LogP contribution >= 0.6 is 15.9 Å². The van der Waals surface area contributed by atoms with Gasteiger partial charge in [-0.1, -0.05) is 15.9 Å². The Balaban J connectivity index is 1.61. The average molecular weight is 446 g/mol. The van der Waals surface area contributed by atoms with E-state index in [2.05, 4.69) is 26.2 Å². The summed E-state index contributed by atoms with van der Waals surface area (Å²) in [7, 11) is 4.00. The van der Waals surface area contributed by atoms with Crippen molar-refractivity contribution in [3.05, 3.63) is 34.4 Å². The summed E-state index contributed by atoms with van der Waals surface area (Å²) < 4.78 is 0.977. The molecule has 4 rings (SSSR count). The fraction of sp³-hybridized carbons (Fsp3) is 0.545. The van der Waals surface area contributed by atoms with Gasteiger partial charge in [0.2, 0.25) is 0 Å². The minimum absolute atomic E-state index is 0.156. The first-order chi connectivity index (χ1) is 13.3. The van der Waals surface area contributed by atoms with Crippen molar-refractivity contribution in [2.75, 3.05) is 26.0 Å². The van der Waals surface area contributed by atoms with E-state index in [1.54, 1.807) is 6.20 Å². The summed E-state index contributed by atoms with van der Waals surface area (Å²) in [6.45, 7) is 0.691. The maximum atomic E-state index is 12.9. The number of carbonyl (C=O) groups excluding carboxylic acids is 1. The van der Waals surface area contributed by atoms with Gasteiger partial charge in [-0.05, 0) is 70.8 Å². The number of ketones is 1. The molecule has 28 heavy (non-hydrogen) atoms. The lowest BCUT2D eigenvalue weighted by Crippen LogP contribution is -2.45. The third-order valence-corrected chi connectivity index (χ3v) is 6.41. The molecule has 2 N–H and O–H groups in total. The van der Waals surface area contributed by atoms with Crippen LogP contribution in [0.1, 0.15) is 48.9 Å². The highest BCUT2D eigenvalue weighted by Crippen LogP contribution is 2.38. The number of halogens is 1. The molecule has 1 heterocycles. The van der Waals surface area contributed by atoms with Gasteiger partial charge in [0.25, 0.3) is 0 Å². The molecule has 1 aromatic heterocycles. The summed E-state index contributed by atoms with van der Waals surface area (Å²) in [5.74, 6) is 0.361. The molecule has 5 nitrogen and oxygen atoms in total. The van der Waals surface area contributed by atoms with E-state index in [9.17, 15) is 9.90 Å². The van der Waals surface area contributed by atoms with E-state index >= 15 is 0 Å². The number of nitrogens with zero attached hydrogens (tertiary/aromatic N) is 2. The van der Waals surface area contributed by atoms with Gasteiger partial charge in [0.05, 0.1) is 22.4 Å². The molecule has 2 saturated carbocycles. The van der Waals surface area contributed by atoms with Crippen molar-refractivity contribution in [2.45, 2.75) is 50.2 Å². The molecule has 0 radical (unpaired) electrons. The number of rotatable bonds is 6. The monoisotopic (exact) mass is 445 g/mol. The van der Waals surface area contributed by atoms with Crippen LogP contribution in [-0.4, -0.2) is 53.1 Å². The van der Waals surface area contributed by atoms with Gasteiger partial charge in [0.1, 0.15) is 0 Å². The zero-order chi connectivity index (χ0) is 19.9. The van der Waals surface area contributed by atoms with Crippen LogP contribution in [0.3, 0.4) is 0 Å². The molecule has 0 amide bonds. The molecule has 0 spiro atoms. The van der Waals surface area contributed by atoms with Gasteiger partial charge in [-0.2, -0.15) is 0 Å². The molecule has 2 aromatic rings. The lowest BCUT2D eigenvalue weighted by molar-refractivity contribution is -0.0183. The number of likely N-dealkylation sites (N-methyl/N-ethyl adjacent to an activating group) is 1. The third-order valence-electron chi connectivity index (χ3n) is 5.92. The molecule has 1 aromatic carbocycles. The number of Topliss-reactive ketones (excluding diaryl/α,β-unsaturated/α-hetero) is 1. The van der Waals surface area contributed by atoms with Gasteiger partial charge in [-0.3, -0.25) is 9.78 Å². The fourth-order valence-corrected chi connectivity index (χ4v) is 4.68. The molecular formula is C22H28BrN3O2. The van der Waals surface area contributed by atoms with E-state index in [0.29, 0.717) is 12.1 Å².